The Morgan fingerprint density at radius 3 is 2.82 bits per heavy atom. The number of nitrogens with one attached hydrogen (secondary N) is 1. The van der Waals surface area contributed by atoms with Gasteiger partial charge in [-0.2, -0.15) is 0 Å². The minimum atomic E-state index is -0.149. The molecule has 112 valence electrons. The number of nitrogens with zero attached hydrogens (tertiary/aromatic N) is 5. The van der Waals surface area contributed by atoms with E-state index in [1.165, 1.54) is 23.1 Å². The van der Waals surface area contributed by atoms with Crippen LogP contribution in [0.15, 0.2) is 41.8 Å². The second-order valence-electron chi connectivity index (χ2n) is 4.34. The predicted octanol–water partition coefficient (Wildman–Crippen LogP) is 2.06. The molecule has 0 aliphatic rings. The van der Waals surface area contributed by atoms with Gasteiger partial charge in [-0.25, -0.2) is 0 Å². The number of carbonyl (C=O) groups is 1. The largest absolute Gasteiger partial charge is 0.312 e. The average Bonchev–Trinajstić information content (AvgIpc) is 3.15. The van der Waals surface area contributed by atoms with Crippen molar-refractivity contribution in [3.8, 4) is 10.6 Å². The highest BCUT2D eigenvalue weighted by Crippen LogP contribution is 2.26. The lowest BCUT2D eigenvalue weighted by molar-refractivity contribution is -0.113. The Kier molecular flexibility index (Phi) is 4.45. The molecule has 0 saturated heterocycles. The lowest BCUT2D eigenvalue weighted by Gasteiger charge is -2.00. The predicted molar refractivity (Wildman–Crippen MR) is 85.7 cm³/mol. The Balaban J connectivity index is 1.58. The number of anilines is 1. The van der Waals surface area contributed by atoms with E-state index in [9.17, 15) is 4.79 Å². The van der Waals surface area contributed by atoms with Crippen molar-refractivity contribution < 1.29 is 4.79 Å². The number of amides is 1. The maximum Gasteiger partial charge on any atom is 0.236 e. The first-order valence-electron chi connectivity index (χ1n) is 6.38. The molecule has 1 amide bonds. The number of hydrogen-bond acceptors (Lipinski definition) is 7. The van der Waals surface area contributed by atoms with E-state index in [1.807, 2.05) is 37.4 Å². The number of aryl methyl sites for hydroxylation is 1. The summed E-state index contributed by atoms with van der Waals surface area (Å²) >= 11 is 2.66. The Morgan fingerprint density at radius 1 is 1.27 bits per heavy atom. The van der Waals surface area contributed by atoms with Gasteiger partial charge in [0.2, 0.25) is 11.0 Å². The fourth-order valence-electron chi connectivity index (χ4n) is 1.66. The molecule has 3 aromatic rings. The molecule has 0 radical (unpaired) electrons. The number of aromatic nitrogens is 5. The van der Waals surface area contributed by atoms with E-state index in [4.69, 9.17) is 0 Å². The van der Waals surface area contributed by atoms with Crippen LogP contribution < -0.4 is 5.32 Å². The molecule has 22 heavy (non-hydrogen) atoms. The zero-order chi connectivity index (χ0) is 15.4. The zero-order valence-corrected chi connectivity index (χ0v) is 13.3. The third-order valence-corrected chi connectivity index (χ3v) is 4.62. The van der Waals surface area contributed by atoms with Crippen molar-refractivity contribution in [2.75, 3.05) is 11.1 Å². The van der Waals surface area contributed by atoms with Crippen LogP contribution in [-0.2, 0) is 11.8 Å². The van der Waals surface area contributed by atoms with Gasteiger partial charge in [0.25, 0.3) is 0 Å². The van der Waals surface area contributed by atoms with E-state index in [-0.39, 0.29) is 11.7 Å². The van der Waals surface area contributed by atoms with Crippen molar-refractivity contribution in [3.05, 3.63) is 36.7 Å². The monoisotopic (exact) mass is 332 g/mol. The van der Waals surface area contributed by atoms with Crippen molar-refractivity contribution in [1.29, 1.82) is 0 Å². The molecule has 0 bridgehead atoms. The van der Waals surface area contributed by atoms with Crippen LogP contribution in [0.25, 0.3) is 10.6 Å². The number of benzene rings is 1. The van der Waals surface area contributed by atoms with Gasteiger partial charge in [-0.3, -0.25) is 10.1 Å². The molecule has 0 aliphatic heterocycles. The van der Waals surface area contributed by atoms with Gasteiger partial charge in [0.1, 0.15) is 11.3 Å². The Morgan fingerprint density at radius 2 is 2.09 bits per heavy atom. The van der Waals surface area contributed by atoms with Crippen molar-refractivity contribution in [3.63, 3.8) is 0 Å². The zero-order valence-electron chi connectivity index (χ0n) is 11.6. The molecule has 2 heterocycles. The smallest absolute Gasteiger partial charge is 0.236 e. The summed E-state index contributed by atoms with van der Waals surface area (Å²) in [6.07, 6.45) is 1.59. The summed E-state index contributed by atoms with van der Waals surface area (Å²) in [6, 6.07) is 9.72. The number of carbonyl (C=O) groups excluding carboxylic acids is 1. The van der Waals surface area contributed by atoms with E-state index in [0.717, 1.165) is 10.6 Å². The number of hydrogen-bond donors (Lipinski definition) is 1. The first kappa shape index (κ1) is 14.7. The molecule has 0 unspecified atom stereocenters. The first-order valence-corrected chi connectivity index (χ1v) is 8.18. The third kappa shape index (κ3) is 3.49. The molecule has 3 rings (SSSR count). The fraction of sp³-hybridized carbons (Fsp3) is 0.154. The van der Waals surface area contributed by atoms with E-state index >= 15 is 0 Å². The van der Waals surface area contributed by atoms with Gasteiger partial charge in [-0.05, 0) is 0 Å². The molecule has 1 N–H and O–H groups in total. The van der Waals surface area contributed by atoms with Crippen LogP contribution in [0.1, 0.15) is 0 Å². The van der Waals surface area contributed by atoms with Crippen LogP contribution in [0.5, 0.6) is 0 Å². The summed E-state index contributed by atoms with van der Waals surface area (Å²) in [7, 11) is 1.83. The van der Waals surface area contributed by atoms with Crippen molar-refractivity contribution in [1.82, 2.24) is 25.0 Å². The summed E-state index contributed by atoms with van der Waals surface area (Å²) in [5, 5.41) is 20.4. The first-order chi connectivity index (χ1) is 10.7. The van der Waals surface area contributed by atoms with Crippen LogP contribution in [0.2, 0.25) is 0 Å². The van der Waals surface area contributed by atoms with Crippen molar-refractivity contribution in [2.45, 2.75) is 5.16 Å². The molecule has 2 aromatic heterocycles. The van der Waals surface area contributed by atoms with Gasteiger partial charge in [0, 0.05) is 12.6 Å². The van der Waals surface area contributed by atoms with Crippen molar-refractivity contribution in [2.24, 2.45) is 7.05 Å². The maximum atomic E-state index is 11.9. The quantitative estimate of drug-likeness (QED) is 0.720. The molecule has 1 aromatic carbocycles. The highest BCUT2D eigenvalue weighted by atomic mass is 32.2. The summed E-state index contributed by atoms with van der Waals surface area (Å²) in [4.78, 5) is 11.9. The minimum Gasteiger partial charge on any atom is -0.312 e. The molecule has 0 atom stereocenters. The molecular weight excluding hydrogens is 320 g/mol. The molecule has 7 nitrogen and oxygen atoms in total. The van der Waals surface area contributed by atoms with Crippen LogP contribution in [-0.4, -0.2) is 36.6 Å². The third-order valence-electron chi connectivity index (χ3n) is 2.69. The van der Waals surface area contributed by atoms with Crippen LogP contribution in [0.4, 0.5) is 5.13 Å². The van der Waals surface area contributed by atoms with Gasteiger partial charge in [0.15, 0.2) is 5.16 Å². The van der Waals surface area contributed by atoms with Gasteiger partial charge in [0.05, 0.1) is 5.75 Å². The van der Waals surface area contributed by atoms with E-state index in [1.54, 1.807) is 10.9 Å². The van der Waals surface area contributed by atoms with Crippen LogP contribution in [0, 0.1) is 0 Å². The summed E-state index contributed by atoms with van der Waals surface area (Å²) in [6.45, 7) is 0. The summed E-state index contributed by atoms with van der Waals surface area (Å²) < 4.78 is 1.76. The topological polar surface area (TPSA) is 85.6 Å². The highest BCUT2D eigenvalue weighted by Gasteiger charge is 2.11. The van der Waals surface area contributed by atoms with Crippen molar-refractivity contribution >= 4 is 34.1 Å². The average molecular weight is 332 g/mol. The SMILES string of the molecule is Cn1cnnc1SCC(=O)Nc1nnc(-c2ccccc2)s1. The summed E-state index contributed by atoms with van der Waals surface area (Å²) in [5.41, 5.74) is 0.981. The summed E-state index contributed by atoms with van der Waals surface area (Å²) in [5.74, 6) is 0.0935. The van der Waals surface area contributed by atoms with E-state index in [0.29, 0.717) is 10.3 Å². The molecule has 9 heteroatoms. The maximum absolute atomic E-state index is 11.9. The van der Waals surface area contributed by atoms with Gasteiger partial charge in [-0.1, -0.05) is 53.4 Å². The van der Waals surface area contributed by atoms with E-state index < -0.39 is 0 Å². The Bertz CT molecular complexity index is 770. The fourth-order valence-corrected chi connectivity index (χ4v) is 3.11. The highest BCUT2D eigenvalue weighted by molar-refractivity contribution is 7.99. The van der Waals surface area contributed by atoms with Gasteiger partial charge < -0.3 is 4.57 Å². The lowest BCUT2D eigenvalue weighted by Crippen LogP contribution is -2.14. The van der Waals surface area contributed by atoms with Crippen LogP contribution >= 0.6 is 23.1 Å². The van der Waals surface area contributed by atoms with Crippen LogP contribution in [0.3, 0.4) is 0 Å². The molecule has 0 saturated carbocycles. The second-order valence-corrected chi connectivity index (χ2v) is 6.26. The number of rotatable bonds is 5. The normalized spacial score (nSPS) is 10.6. The van der Waals surface area contributed by atoms with Gasteiger partial charge in [-0.15, -0.1) is 20.4 Å². The van der Waals surface area contributed by atoms with E-state index in [2.05, 4.69) is 25.7 Å². The molecule has 0 spiro atoms. The lowest BCUT2D eigenvalue weighted by atomic mass is 10.2. The molecular formula is C13H12N6OS2. The second kappa shape index (κ2) is 6.67. The van der Waals surface area contributed by atoms with Gasteiger partial charge >= 0.3 is 0 Å². The minimum absolute atomic E-state index is 0.149. The molecule has 0 fully saturated rings. The molecule has 0 aliphatic carbocycles. The Labute approximate surface area is 134 Å². The Hall–Kier alpha value is -2.26. The number of thioether (sulfide) groups is 1. The standard InChI is InChI=1S/C13H12N6OS2/c1-19-8-14-18-13(19)21-7-10(20)15-12-17-16-11(22-12)9-5-3-2-4-6-9/h2-6,8H,7H2,1H3,(H,15,17,20).